The number of benzene rings is 2. The second-order valence-corrected chi connectivity index (χ2v) is 11.0. The Morgan fingerprint density at radius 2 is 1.65 bits per heavy atom. The lowest BCUT2D eigenvalue weighted by Crippen LogP contribution is -2.49. The molecule has 1 aromatic heterocycles. The summed E-state index contributed by atoms with van der Waals surface area (Å²) in [6.45, 7) is 0.505. The minimum Gasteiger partial charge on any atom is -0.359 e. The number of carbonyl (C=O) groups is 3. The lowest BCUT2D eigenvalue weighted by Gasteiger charge is -2.33. The number of likely N-dealkylation sites (N-methyl/N-ethyl adjacent to an activating group) is 1. The Kier molecular flexibility index (Phi) is 8.88. The highest BCUT2D eigenvalue weighted by Crippen LogP contribution is 2.37. The van der Waals surface area contributed by atoms with E-state index in [2.05, 4.69) is 26.3 Å². The molecular weight excluding hydrogens is 504 g/mol. The molecular formula is C31H38N6O3. The summed E-state index contributed by atoms with van der Waals surface area (Å²) in [5.41, 5.74) is 3.15. The molecule has 9 nitrogen and oxygen atoms in total. The summed E-state index contributed by atoms with van der Waals surface area (Å²) in [5.74, 6) is -0.465. The van der Waals surface area contributed by atoms with Crippen molar-refractivity contribution in [1.29, 1.82) is 0 Å². The summed E-state index contributed by atoms with van der Waals surface area (Å²) in [7, 11) is 1.65. The minimum absolute atomic E-state index is 0.0139. The maximum Gasteiger partial charge on any atom is 0.274 e. The molecule has 0 unspecified atom stereocenters. The summed E-state index contributed by atoms with van der Waals surface area (Å²) in [6, 6.07) is 16.8. The van der Waals surface area contributed by atoms with Crippen LogP contribution in [-0.2, 0) is 16.1 Å². The summed E-state index contributed by atoms with van der Waals surface area (Å²) in [5, 5.41) is 17.1. The lowest BCUT2D eigenvalue weighted by atomic mass is 9.79. The third-order valence-corrected chi connectivity index (χ3v) is 8.24. The first-order valence-electron chi connectivity index (χ1n) is 14.4. The first-order chi connectivity index (χ1) is 19.5. The Bertz CT molecular complexity index is 1320. The molecule has 0 spiro atoms. The van der Waals surface area contributed by atoms with Gasteiger partial charge in [-0.1, -0.05) is 91.9 Å². The fourth-order valence-corrected chi connectivity index (χ4v) is 6.13. The van der Waals surface area contributed by atoms with E-state index >= 15 is 0 Å². The van der Waals surface area contributed by atoms with Gasteiger partial charge in [-0.25, -0.2) is 4.68 Å². The van der Waals surface area contributed by atoms with E-state index in [9.17, 15) is 14.4 Å². The van der Waals surface area contributed by atoms with E-state index in [1.165, 1.54) is 6.42 Å². The van der Waals surface area contributed by atoms with Gasteiger partial charge in [-0.15, -0.1) is 5.10 Å². The molecule has 2 aromatic carbocycles. The number of hydrogen-bond acceptors (Lipinski definition) is 5. The van der Waals surface area contributed by atoms with Crippen molar-refractivity contribution in [3.05, 3.63) is 83.2 Å². The van der Waals surface area contributed by atoms with E-state index in [1.807, 2.05) is 54.6 Å². The average Bonchev–Trinajstić information content (AvgIpc) is 3.46. The standard InChI is InChI=1S/C31H38N6O3/c1-32-29(38)25-16-17-26(24-15-9-8-14-23(24)25)33-30(39)27(18-21-10-4-2-5-11-21)34-31(40)28-20-37(36-35-28)19-22-12-6-3-7-13-22/h3,6-9,12-15,20-21,25-27H,2,4-5,10-11,16-19H2,1H3,(H,32,38)(H,33,39)(H,34,40)/t25-,26+,27-/m0/s1. The topological polar surface area (TPSA) is 118 Å². The summed E-state index contributed by atoms with van der Waals surface area (Å²) < 4.78 is 1.63. The maximum absolute atomic E-state index is 13.7. The molecule has 1 heterocycles. The highest BCUT2D eigenvalue weighted by Gasteiger charge is 2.34. The molecule has 3 N–H and O–H groups in total. The molecule has 3 atom stereocenters. The van der Waals surface area contributed by atoms with Gasteiger partial charge >= 0.3 is 0 Å². The normalized spacial score (nSPS) is 19.7. The molecule has 1 saturated carbocycles. The van der Waals surface area contributed by atoms with Gasteiger partial charge in [0.15, 0.2) is 5.69 Å². The molecule has 3 amide bonds. The van der Waals surface area contributed by atoms with Gasteiger partial charge in [0.25, 0.3) is 5.91 Å². The van der Waals surface area contributed by atoms with Crippen molar-refractivity contribution in [2.45, 2.75) is 75.9 Å². The molecule has 5 rings (SSSR count). The van der Waals surface area contributed by atoms with E-state index in [0.717, 1.165) is 42.4 Å². The van der Waals surface area contributed by atoms with Crippen LogP contribution in [0, 0.1) is 5.92 Å². The predicted molar refractivity (Wildman–Crippen MR) is 151 cm³/mol. The van der Waals surface area contributed by atoms with Gasteiger partial charge in [0, 0.05) is 7.05 Å². The fourth-order valence-electron chi connectivity index (χ4n) is 6.13. The number of rotatable bonds is 9. The SMILES string of the molecule is CNC(=O)[C@H]1CC[C@@H](NC(=O)[C@H](CC2CCCCC2)NC(=O)c2cn(Cc3ccccc3)nn2)c2ccccc21. The lowest BCUT2D eigenvalue weighted by molar-refractivity contribution is -0.124. The van der Waals surface area contributed by atoms with Crippen LogP contribution in [0.2, 0.25) is 0 Å². The first-order valence-corrected chi connectivity index (χ1v) is 14.4. The largest absolute Gasteiger partial charge is 0.359 e. The van der Waals surface area contributed by atoms with Crippen molar-refractivity contribution >= 4 is 17.7 Å². The van der Waals surface area contributed by atoms with E-state index < -0.39 is 11.9 Å². The van der Waals surface area contributed by atoms with Crippen molar-refractivity contribution in [2.24, 2.45) is 5.92 Å². The quantitative estimate of drug-likeness (QED) is 0.379. The van der Waals surface area contributed by atoms with Crippen LogP contribution in [0.5, 0.6) is 0 Å². The number of hydrogen-bond donors (Lipinski definition) is 3. The molecule has 2 aliphatic carbocycles. The number of amides is 3. The van der Waals surface area contributed by atoms with E-state index in [4.69, 9.17) is 0 Å². The minimum atomic E-state index is -0.682. The van der Waals surface area contributed by atoms with Crippen LogP contribution in [0.25, 0.3) is 0 Å². The number of nitrogens with zero attached hydrogens (tertiary/aromatic N) is 3. The van der Waals surface area contributed by atoms with Gasteiger partial charge in [-0.3, -0.25) is 14.4 Å². The van der Waals surface area contributed by atoms with Crippen LogP contribution in [0.1, 0.15) is 90.5 Å². The monoisotopic (exact) mass is 542 g/mol. The molecule has 0 radical (unpaired) electrons. The van der Waals surface area contributed by atoms with Gasteiger partial charge in [0.1, 0.15) is 6.04 Å². The number of aromatic nitrogens is 3. The Balaban J connectivity index is 1.30. The van der Waals surface area contributed by atoms with Crippen molar-refractivity contribution in [3.8, 4) is 0 Å². The summed E-state index contributed by atoms with van der Waals surface area (Å²) in [6.07, 6.45) is 9.15. The second kappa shape index (κ2) is 12.9. The first kappa shape index (κ1) is 27.6. The third kappa shape index (κ3) is 6.58. The second-order valence-electron chi connectivity index (χ2n) is 11.0. The molecule has 40 heavy (non-hydrogen) atoms. The summed E-state index contributed by atoms with van der Waals surface area (Å²) >= 11 is 0. The van der Waals surface area contributed by atoms with Crippen LogP contribution in [0.3, 0.4) is 0 Å². The molecule has 3 aromatic rings. The molecule has 210 valence electrons. The number of carbonyl (C=O) groups excluding carboxylic acids is 3. The molecule has 0 bridgehead atoms. The van der Waals surface area contributed by atoms with Gasteiger partial charge in [0.2, 0.25) is 11.8 Å². The van der Waals surface area contributed by atoms with Crippen molar-refractivity contribution in [1.82, 2.24) is 30.9 Å². The van der Waals surface area contributed by atoms with E-state index in [1.54, 1.807) is 17.9 Å². The molecule has 1 fully saturated rings. The Morgan fingerprint density at radius 3 is 2.40 bits per heavy atom. The van der Waals surface area contributed by atoms with Crippen LogP contribution in [0.15, 0.2) is 60.8 Å². The van der Waals surface area contributed by atoms with Gasteiger partial charge in [-0.05, 0) is 41.9 Å². The van der Waals surface area contributed by atoms with Crippen LogP contribution < -0.4 is 16.0 Å². The van der Waals surface area contributed by atoms with Crippen molar-refractivity contribution < 1.29 is 14.4 Å². The van der Waals surface area contributed by atoms with Crippen LogP contribution in [0.4, 0.5) is 0 Å². The number of fused-ring (bicyclic) bond motifs is 1. The smallest absolute Gasteiger partial charge is 0.274 e. The van der Waals surface area contributed by atoms with Gasteiger partial charge in [-0.2, -0.15) is 0 Å². The maximum atomic E-state index is 13.7. The van der Waals surface area contributed by atoms with Crippen LogP contribution >= 0.6 is 0 Å². The molecule has 0 aliphatic heterocycles. The third-order valence-electron chi connectivity index (χ3n) is 8.24. The van der Waals surface area contributed by atoms with Gasteiger partial charge in [0.05, 0.1) is 24.7 Å². The zero-order valence-electron chi connectivity index (χ0n) is 23.0. The highest BCUT2D eigenvalue weighted by atomic mass is 16.2. The fraction of sp³-hybridized carbons (Fsp3) is 0.452. The molecule has 0 saturated heterocycles. The highest BCUT2D eigenvalue weighted by molar-refractivity contribution is 5.96. The predicted octanol–water partition coefficient (Wildman–Crippen LogP) is 3.88. The molecule has 9 heteroatoms. The number of nitrogens with one attached hydrogen (secondary N) is 3. The molecule has 2 aliphatic rings. The average molecular weight is 543 g/mol. The van der Waals surface area contributed by atoms with Gasteiger partial charge < -0.3 is 16.0 Å². The van der Waals surface area contributed by atoms with Crippen molar-refractivity contribution in [3.63, 3.8) is 0 Å². The zero-order valence-corrected chi connectivity index (χ0v) is 23.0. The Hall–Kier alpha value is -4.01. The Morgan fingerprint density at radius 1 is 0.925 bits per heavy atom. The van der Waals surface area contributed by atoms with Crippen molar-refractivity contribution in [2.75, 3.05) is 7.05 Å². The van der Waals surface area contributed by atoms with E-state index in [0.29, 0.717) is 31.7 Å². The van der Waals surface area contributed by atoms with E-state index in [-0.39, 0.29) is 29.5 Å². The zero-order chi connectivity index (χ0) is 27.9. The summed E-state index contributed by atoms with van der Waals surface area (Å²) in [4.78, 5) is 39.5. The van der Waals surface area contributed by atoms with Crippen LogP contribution in [-0.4, -0.2) is 45.8 Å². The Labute approximate surface area is 235 Å².